The van der Waals surface area contributed by atoms with Crippen LogP contribution in [0, 0.1) is 11.7 Å². The minimum atomic E-state index is -0.747. The highest BCUT2D eigenvalue weighted by molar-refractivity contribution is 5.81. The molecule has 3 atom stereocenters. The van der Waals surface area contributed by atoms with E-state index in [9.17, 15) is 19.1 Å². The molecule has 0 bridgehead atoms. The number of aliphatic hydroxyl groups is 1. The number of nitrogens with one attached hydrogen (secondary N) is 2. The average molecular weight is 364 g/mol. The molecule has 3 rings (SSSR count). The lowest BCUT2D eigenvalue weighted by molar-refractivity contribution is -0.126. The van der Waals surface area contributed by atoms with Crippen LogP contribution in [0.3, 0.4) is 0 Å². The lowest BCUT2D eigenvalue weighted by Crippen LogP contribution is -2.43. The van der Waals surface area contributed by atoms with Crippen molar-refractivity contribution >= 4 is 11.8 Å². The predicted octanol–water partition coefficient (Wildman–Crippen LogP) is 1.30. The highest BCUT2D eigenvalue weighted by Crippen LogP contribution is 2.28. The van der Waals surface area contributed by atoms with Gasteiger partial charge in [0.1, 0.15) is 0 Å². The molecule has 0 aliphatic heterocycles. The van der Waals surface area contributed by atoms with Gasteiger partial charge >= 0.3 is 0 Å². The summed E-state index contributed by atoms with van der Waals surface area (Å²) in [6.07, 6.45) is 3.19. The van der Waals surface area contributed by atoms with E-state index in [1.165, 1.54) is 19.2 Å². The van der Waals surface area contributed by atoms with Crippen LogP contribution in [0.15, 0.2) is 18.2 Å². The third kappa shape index (κ3) is 4.33. The van der Waals surface area contributed by atoms with Gasteiger partial charge in [-0.1, -0.05) is 6.07 Å². The molecule has 0 spiro atoms. The van der Waals surface area contributed by atoms with Crippen LogP contribution in [0.1, 0.15) is 37.7 Å². The van der Waals surface area contributed by atoms with Gasteiger partial charge in [0.2, 0.25) is 11.8 Å². The number of ether oxygens (including phenoxy) is 1. The lowest BCUT2D eigenvalue weighted by Gasteiger charge is -2.27. The van der Waals surface area contributed by atoms with Crippen LogP contribution in [0.4, 0.5) is 4.39 Å². The summed E-state index contributed by atoms with van der Waals surface area (Å²) in [6, 6.07) is 4.17. The largest absolute Gasteiger partial charge is 0.494 e. The maximum Gasteiger partial charge on any atom is 0.224 e. The monoisotopic (exact) mass is 364 g/mol. The normalized spacial score (nSPS) is 25.4. The van der Waals surface area contributed by atoms with Crippen molar-refractivity contribution in [3.05, 3.63) is 29.6 Å². The van der Waals surface area contributed by atoms with E-state index in [0.717, 1.165) is 19.3 Å². The zero-order valence-corrected chi connectivity index (χ0v) is 14.8. The molecule has 26 heavy (non-hydrogen) atoms. The standard InChI is InChI=1S/C19H25FN2O4/c1-26-17-6-5-11(7-14(17)20)8-18(24)22-15-9-12(10-16(15)23)19(25)21-13-3-2-4-13/h5-7,12-13,15-16,23H,2-4,8-10H2,1H3,(H,21,25)(H,22,24)/t12-,15+,16+/m0/s1. The molecule has 3 N–H and O–H groups in total. The van der Waals surface area contributed by atoms with Crippen LogP contribution in [-0.2, 0) is 16.0 Å². The third-order valence-corrected chi connectivity index (χ3v) is 5.28. The molecule has 1 aromatic carbocycles. The second-order valence-electron chi connectivity index (χ2n) is 7.19. The van der Waals surface area contributed by atoms with Crippen molar-refractivity contribution in [2.75, 3.05) is 7.11 Å². The second kappa shape index (κ2) is 8.03. The zero-order chi connectivity index (χ0) is 18.7. The first kappa shape index (κ1) is 18.6. The zero-order valence-electron chi connectivity index (χ0n) is 14.8. The molecule has 2 aliphatic carbocycles. The van der Waals surface area contributed by atoms with Gasteiger partial charge in [0.25, 0.3) is 0 Å². The molecule has 2 saturated carbocycles. The predicted molar refractivity (Wildman–Crippen MR) is 93.1 cm³/mol. The van der Waals surface area contributed by atoms with Gasteiger partial charge in [-0.25, -0.2) is 4.39 Å². The van der Waals surface area contributed by atoms with E-state index >= 15 is 0 Å². The van der Waals surface area contributed by atoms with Gasteiger partial charge in [0.15, 0.2) is 11.6 Å². The maximum atomic E-state index is 13.7. The number of methoxy groups -OCH3 is 1. The molecular formula is C19H25FN2O4. The van der Waals surface area contributed by atoms with E-state index in [4.69, 9.17) is 4.74 Å². The number of carbonyl (C=O) groups is 2. The summed E-state index contributed by atoms with van der Waals surface area (Å²) in [5.74, 6) is -1.03. The Morgan fingerprint density at radius 1 is 1.27 bits per heavy atom. The number of aliphatic hydroxyl groups excluding tert-OH is 1. The highest BCUT2D eigenvalue weighted by Gasteiger charge is 2.38. The molecule has 0 saturated heterocycles. The quantitative estimate of drug-likeness (QED) is 0.710. The first-order valence-electron chi connectivity index (χ1n) is 9.06. The Labute approximate surface area is 152 Å². The van der Waals surface area contributed by atoms with E-state index in [1.807, 2.05) is 0 Å². The molecule has 2 fully saturated rings. The minimum Gasteiger partial charge on any atom is -0.494 e. The SMILES string of the molecule is COc1ccc(CC(=O)N[C@@H]2C[C@H](C(=O)NC3CCC3)C[C@H]2O)cc1F. The molecule has 6 nitrogen and oxygen atoms in total. The number of amides is 2. The number of carbonyl (C=O) groups excluding carboxylic acids is 2. The van der Waals surface area contributed by atoms with Crippen LogP contribution >= 0.6 is 0 Å². The Morgan fingerprint density at radius 2 is 2.04 bits per heavy atom. The summed E-state index contributed by atoms with van der Waals surface area (Å²) in [4.78, 5) is 24.4. The Kier molecular flexibility index (Phi) is 5.76. The van der Waals surface area contributed by atoms with Gasteiger partial charge in [0, 0.05) is 12.0 Å². The van der Waals surface area contributed by atoms with Gasteiger partial charge in [0.05, 0.1) is 25.7 Å². The minimum absolute atomic E-state index is 0.00305. The third-order valence-electron chi connectivity index (χ3n) is 5.28. The van der Waals surface area contributed by atoms with Gasteiger partial charge in [-0.2, -0.15) is 0 Å². The fraction of sp³-hybridized carbons (Fsp3) is 0.579. The van der Waals surface area contributed by atoms with E-state index in [1.54, 1.807) is 6.07 Å². The average Bonchev–Trinajstić information content (AvgIpc) is 2.92. The van der Waals surface area contributed by atoms with Crippen LogP contribution in [-0.4, -0.2) is 42.2 Å². The molecule has 2 aliphatic rings. The van der Waals surface area contributed by atoms with Crippen LogP contribution in [0.25, 0.3) is 0 Å². The van der Waals surface area contributed by atoms with E-state index in [2.05, 4.69) is 10.6 Å². The van der Waals surface area contributed by atoms with E-state index < -0.39 is 18.0 Å². The summed E-state index contributed by atoms with van der Waals surface area (Å²) < 4.78 is 18.6. The van der Waals surface area contributed by atoms with Crippen LogP contribution in [0.5, 0.6) is 5.75 Å². The first-order valence-corrected chi connectivity index (χ1v) is 9.06. The molecule has 0 heterocycles. The summed E-state index contributed by atoms with van der Waals surface area (Å²) in [6.45, 7) is 0. The van der Waals surface area contributed by atoms with Gasteiger partial charge < -0.3 is 20.5 Å². The van der Waals surface area contributed by atoms with E-state index in [0.29, 0.717) is 18.4 Å². The number of halogens is 1. The highest BCUT2D eigenvalue weighted by atomic mass is 19.1. The number of benzene rings is 1. The molecular weight excluding hydrogens is 339 g/mol. The van der Waals surface area contributed by atoms with Crippen molar-refractivity contribution in [2.45, 2.75) is 56.7 Å². The van der Waals surface area contributed by atoms with Crippen molar-refractivity contribution in [3.8, 4) is 5.75 Å². The first-order chi connectivity index (χ1) is 12.5. The second-order valence-corrected chi connectivity index (χ2v) is 7.19. The van der Waals surface area contributed by atoms with Crippen molar-refractivity contribution in [3.63, 3.8) is 0 Å². The van der Waals surface area contributed by atoms with Crippen molar-refractivity contribution in [1.29, 1.82) is 0 Å². The van der Waals surface area contributed by atoms with E-state index in [-0.39, 0.29) is 35.9 Å². The fourth-order valence-corrected chi connectivity index (χ4v) is 3.52. The molecule has 7 heteroatoms. The van der Waals surface area contributed by atoms with Gasteiger partial charge in [-0.05, 0) is 49.8 Å². The van der Waals surface area contributed by atoms with Crippen LogP contribution < -0.4 is 15.4 Å². The van der Waals surface area contributed by atoms with Crippen molar-refractivity contribution in [1.82, 2.24) is 10.6 Å². The molecule has 1 aromatic rings. The summed E-state index contributed by atoms with van der Waals surface area (Å²) >= 11 is 0. The van der Waals surface area contributed by atoms with Crippen molar-refractivity contribution in [2.24, 2.45) is 5.92 Å². The molecule has 0 unspecified atom stereocenters. The lowest BCUT2D eigenvalue weighted by atomic mass is 9.92. The van der Waals surface area contributed by atoms with Crippen molar-refractivity contribution < 1.29 is 23.8 Å². The molecule has 0 radical (unpaired) electrons. The number of hydrogen-bond donors (Lipinski definition) is 3. The number of rotatable bonds is 6. The van der Waals surface area contributed by atoms with Gasteiger partial charge in [-0.15, -0.1) is 0 Å². The summed E-state index contributed by atoms with van der Waals surface area (Å²) in [5.41, 5.74) is 0.521. The number of hydrogen-bond acceptors (Lipinski definition) is 4. The van der Waals surface area contributed by atoms with Gasteiger partial charge in [-0.3, -0.25) is 9.59 Å². The Bertz CT molecular complexity index is 678. The Balaban J connectivity index is 1.50. The fourth-order valence-electron chi connectivity index (χ4n) is 3.52. The Hall–Kier alpha value is -2.15. The van der Waals surface area contributed by atoms with Crippen LogP contribution in [0.2, 0.25) is 0 Å². The molecule has 0 aromatic heterocycles. The Morgan fingerprint density at radius 3 is 2.65 bits per heavy atom. The summed E-state index contributed by atoms with van der Waals surface area (Å²) in [7, 11) is 1.38. The summed E-state index contributed by atoms with van der Waals surface area (Å²) in [5, 5.41) is 15.9. The maximum absolute atomic E-state index is 13.7. The smallest absolute Gasteiger partial charge is 0.224 e. The topological polar surface area (TPSA) is 87.7 Å². The molecule has 2 amide bonds. The molecule has 142 valence electrons.